The van der Waals surface area contributed by atoms with Gasteiger partial charge in [0.1, 0.15) is 0 Å². The SMILES string of the molecule is CC1(C)CCNc2ccc(-c3ccc(C(F)(F)F)cc3)cc21. The third kappa shape index (κ3) is 2.70. The maximum absolute atomic E-state index is 12.6. The fourth-order valence-electron chi connectivity index (χ4n) is 2.93. The zero-order valence-corrected chi connectivity index (χ0v) is 12.6. The molecule has 0 aliphatic carbocycles. The molecule has 0 aromatic heterocycles. The predicted molar refractivity (Wildman–Crippen MR) is 83.0 cm³/mol. The molecule has 0 fully saturated rings. The molecule has 1 N–H and O–H groups in total. The smallest absolute Gasteiger partial charge is 0.385 e. The first-order valence-electron chi connectivity index (χ1n) is 7.33. The first-order valence-corrected chi connectivity index (χ1v) is 7.33. The molecule has 0 saturated carbocycles. The second-order valence-corrected chi connectivity index (χ2v) is 6.40. The van der Waals surface area contributed by atoms with Crippen LogP contribution < -0.4 is 5.32 Å². The van der Waals surface area contributed by atoms with Crippen molar-refractivity contribution >= 4 is 5.69 Å². The highest BCUT2D eigenvalue weighted by Gasteiger charge is 2.30. The molecule has 1 aliphatic heterocycles. The molecule has 2 aromatic carbocycles. The van der Waals surface area contributed by atoms with E-state index >= 15 is 0 Å². The molecule has 22 heavy (non-hydrogen) atoms. The third-order valence-corrected chi connectivity index (χ3v) is 4.36. The second kappa shape index (κ2) is 5.04. The number of anilines is 1. The highest BCUT2D eigenvalue weighted by Crippen LogP contribution is 2.39. The molecule has 0 saturated heterocycles. The number of halogens is 3. The van der Waals surface area contributed by atoms with Gasteiger partial charge < -0.3 is 5.32 Å². The van der Waals surface area contributed by atoms with Crippen LogP contribution in [0.2, 0.25) is 0 Å². The molecule has 1 heterocycles. The summed E-state index contributed by atoms with van der Waals surface area (Å²) in [7, 11) is 0. The number of benzene rings is 2. The van der Waals surface area contributed by atoms with Gasteiger partial charge in [0, 0.05) is 12.2 Å². The quantitative estimate of drug-likeness (QED) is 0.737. The minimum atomic E-state index is -4.29. The maximum atomic E-state index is 12.6. The number of hydrogen-bond acceptors (Lipinski definition) is 1. The lowest BCUT2D eigenvalue weighted by Gasteiger charge is -2.33. The van der Waals surface area contributed by atoms with Crippen molar-refractivity contribution < 1.29 is 13.2 Å². The summed E-state index contributed by atoms with van der Waals surface area (Å²) in [6.07, 6.45) is -3.25. The number of nitrogens with one attached hydrogen (secondary N) is 1. The minimum Gasteiger partial charge on any atom is -0.385 e. The molecule has 1 nitrogen and oxygen atoms in total. The van der Waals surface area contributed by atoms with Crippen molar-refractivity contribution in [3.63, 3.8) is 0 Å². The van der Waals surface area contributed by atoms with Crippen molar-refractivity contribution in [2.75, 3.05) is 11.9 Å². The molecule has 0 radical (unpaired) electrons. The maximum Gasteiger partial charge on any atom is 0.416 e. The highest BCUT2D eigenvalue weighted by molar-refractivity contribution is 5.70. The van der Waals surface area contributed by atoms with Crippen LogP contribution >= 0.6 is 0 Å². The first kappa shape index (κ1) is 14.9. The lowest BCUT2D eigenvalue weighted by molar-refractivity contribution is -0.137. The van der Waals surface area contributed by atoms with E-state index in [-0.39, 0.29) is 5.41 Å². The summed E-state index contributed by atoms with van der Waals surface area (Å²) in [5, 5.41) is 3.38. The first-order chi connectivity index (χ1) is 10.3. The van der Waals surface area contributed by atoms with Gasteiger partial charge in [-0.2, -0.15) is 13.2 Å². The van der Waals surface area contributed by atoms with Gasteiger partial charge >= 0.3 is 6.18 Å². The highest BCUT2D eigenvalue weighted by atomic mass is 19.4. The van der Waals surface area contributed by atoms with E-state index in [1.807, 2.05) is 12.1 Å². The van der Waals surface area contributed by atoms with E-state index in [0.29, 0.717) is 0 Å². The molecule has 0 unspecified atom stereocenters. The van der Waals surface area contributed by atoms with Crippen LogP contribution in [0.3, 0.4) is 0 Å². The summed E-state index contributed by atoms with van der Waals surface area (Å²) in [6.45, 7) is 5.34. The van der Waals surface area contributed by atoms with Crippen molar-refractivity contribution in [2.24, 2.45) is 0 Å². The molecule has 0 amide bonds. The van der Waals surface area contributed by atoms with Gasteiger partial charge in [-0.3, -0.25) is 0 Å². The molecule has 116 valence electrons. The van der Waals surface area contributed by atoms with E-state index in [1.165, 1.54) is 17.7 Å². The van der Waals surface area contributed by atoms with Crippen LogP contribution in [0.5, 0.6) is 0 Å². The number of hydrogen-bond donors (Lipinski definition) is 1. The molecule has 0 atom stereocenters. The normalized spacial score (nSPS) is 16.8. The Morgan fingerprint density at radius 2 is 1.59 bits per heavy atom. The van der Waals surface area contributed by atoms with Crippen molar-refractivity contribution in [3.05, 3.63) is 53.6 Å². The molecule has 1 aliphatic rings. The topological polar surface area (TPSA) is 12.0 Å². The van der Waals surface area contributed by atoms with Gasteiger partial charge in [0.15, 0.2) is 0 Å². The van der Waals surface area contributed by atoms with E-state index in [2.05, 4.69) is 25.2 Å². The van der Waals surface area contributed by atoms with Crippen LogP contribution in [-0.4, -0.2) is 6.54 Å². The number of alkyl halides is 3. The van der Waals surface area contributed by atoms with E-state index in [4.69, 9.17) is 0 Å². The van der Waals surface area contributed by atoms with Crippen molar-refractivity contribution in [1.29, 1.82) is 0 Å². The fourth-order valence-corrected chi connectivity index (χ4v) is 2.93. The Morgan fingerprint density at radius 3 is 2.23 bits per heavy atom. The van der Waals surface area contributed by atoms with E-state index in [0.717, 1.165) is 41.9 Å². The Morgan fingerprint density at radius 1 is 0.955 bits per heavy atom. The van der Waals surface area contributed by atoms with Crippen LogP contribution in [0.15, 0.2) is 42.5 Å². The molecular formula is C18H18F3N. The van der Waals surface area contributed by atoms with Gasteiger partial charge in [-0.25, -0.2) is 0 Å². The van der Waals surface area contributed by atoms with Crippen LogP contribution in [-0.2, 0) is 11.6 Å². The van der Waals surface area contributed by atoms with Crippen LogP contribution in [0.4, 0.5) is 18.9 Å². The Balaban J connectivity index is 1.99. The standard InChI is InChI=1S/C18H18F3N/c1-17(2)9-10-22-16-8-5-13(11-15(16)17)12-3-6-14(7-4-12)18(19,20)21/h3-8,11,22H,9-10H2,1-2H3. The lowest BCUT2D eigenvalue weighted by atomic mass is 9.77. The Hall–Kier alpha value is -1.97. The molecule has 3 rings (SSSR count). The molecule has 0 spiro atoms. The monoisotopic (exact) mass is 305 g/mol. The predicted octanol–water partition coefficient (Wildman–Crippen LogP) is 5.47. The Labute approximate surface area is 128 Å². The molecular weight excluding hydrogens is 287 g/mol. The molecule has 4 heteroatoms. The summed E-state index contributed by atoms with van der Waals surface area (Å²) in [5.41, 5.74) is 3.54. The van der Waals surface area contributed by atoms with Crippen LogP contribution in [0.25, 0.3) is 11.1 Å². The van der Waals surface area contributed by atoms with Gasteiger partial charge in [0.25, 0.3) is 0 Å². The van der Waals surface area contributed by atoms with E-state index < -0.39 is 11.7 Å². The average Bonchev–Trinajstić information content (AvgIpc) is 2.46. The van der Waals surface area contributed by atoms with Crippen molar-refractivity contribution in [3.8, 4) is 11.1 Å². The largest absolute Gasteiger partial charge is 0.416 e. The molecule has 0 bridgehead atoms. The second-order valence-electron chi connectivity index (χ2n) is 6.40. The van der Waals surface area contributed by atoms with E-state index in [1.54, 1.807) is 0 Å². The number of rotatable bonds is 1. The Bertz CT molecular complexity index is 684. The average molecular weight is 305 g/mol. The van der Waals surface area contributed by atoms with Gasteiger partial charge in [-0.15, -0.1) is 0 Å². The minimum absolute atomic E-state index is 0.0719. The van der Waals surface area contributed by atoms with Crippen molar-refractivity contribution in [2.45, 2.75) is 31.9 Å². The summed E-state index contributed by atoms with van der Waals surface area (Å²) in [4.78, 5) is 0. The summed E-state index contributed by atoms with van der Waals surface area (Å²) >= 11 is 0. The zero-order valence-electron chi connectivity index (χ0n) is 12.6. The lowest BCUT2D eigenvalue weighted by Crippen LogP contribution is -2.28. The van der Waals surface area contributed by atoms with Gasteiger partial charge in [0.2, 0.25) is 0 Å². The van der Waals surface area contributed by atoms with Crippen LogP contribution in [0, 0.1) is 0 Å². The Kier molecular flexibility index (Phi) is 3.42. The van der Waals surface area contributed by atoms with Gasteiger partial charge in [-0.1, -0.05) is 32.0 Å². The zero-order chi connectivity index (χ0) is 16.0. The molecule has 2 aromatic rings. The number of fused-ring (bicyclic) bond motifs is 1. The summed E-state index contributed by atoms with van der Waals surface area (Å²) in [6, 6.07) is 11.4. The van der Waals surface area contributed by atoms with Crippen LogP contribution in [0.1, 0.15) is 31.4 Å². The summed E-state index contributed by atoms with van der Waals surface area (Å²) in [5.74, 6) is 0. The fraction of sp³-hybridized carbons (Fsp3) is 0.333. The summed E-state index contributed by atoms with van der Waals surface area (Å²) < 4.78 is 37.9. The van der Waals surface area contributed by atoms with Crippen molar-refractivity contribution in [1.82, 2.24) is 0 Å². The van der Waals surface area contributed by atoms with Gasteiger partial charge in [0.05, 0.1) is 5.56 Å². The van der Waals surface area contributed by atoms with E-state index in [9.17, 15) is 13.2 Å². The van der Waals surface area contributed by atoms with Gasteiger partial charge in [-0.05, 0) is 52.8 Å². The third-order valence-electron chi connectivity index (χ3n) is 4.36.